The number of hydrogen-bond acceptors (Lipinski definition) is 4. The third-order valence-electron chi connectivity index (χ3n) is 4.16. The first-order valence-corrected chi connectivity index (χ1v) is 9.85. The van der Waals surface area contributed by atoms with E-state index >= 15 is 0 Å². The molecule has 134 valence electrons. The van der Waals surface area contributed by atoms with Gasteiger partial charge in [-0.3, -0.25) is 4.79 Å². The topological polar surface area (TPSA) is 90.3 Å². The van der Waals surface area contributed by atoms with Crippen LogP contribution in [-0.2, 0) is 10.0 Å². The van der Waals surface area contributed by atoms with Crippen LogP contribution in [0.1, 0.15) is 28.8 Å². The van der Waals surface area contributed by atoms with E-state index in [2.05, 4.69) is 5.32 Å². The average Bonchev–Trinajstić information content (AvgIpc) is 3.18. The molecule has 0 atom stereocenters. The summed E-state index contributed by atoms with van der Waals surface area (Å²) in [6, 6.07) is 12.5. The van der Waals surface area contributed by atoms with E-state index in [0.29, 0.717) is 24.3 Å². The highest BCUT2D eigenvalue weighted by Crippen LogP contribution is 2.26. The second kappa shape index (κ2) is 7.46. The molecule has 0 unspecified atom stereocenters. The molecule has 0 spiro atoms. The van der Waals surface area contributed by atoms with Crippen molar-refractivity contribution in [2.24, 2.45) is 0 Å². The Morgan fingerprint density at radius 1 is 1.12 bits per heavy atom. The molecule has 0 radical (unpaired) electrons. The standard InChI is InChI=1S/C18H16ClN3O3S/c19-17-8-7-15(26(24,25)22-9-1-2-10-22)11-16(17)18(23)21-14-5-3-13(12-20)4-6-14/h3-8,11H,1-2,9-10H2,(H,21,23). The molecule has 2 aromatic rings. The number of nitrogens with zero attached hydrogens (tertiary/aromatic N) is 2. The lowest BCUT2D eigenvalue weighted by atomic mass is 10.2. The fourth-order valence-electron chi connectivity index (χ4n) is 2.74. The molecule has 8 heteroatoms. The van der Waals surface area contributed by atoms with Crippen molar-refractivity contribution in [2.75, 3.05) is 18.4 Å². The Hall–Kier alpha value is -2.40. The number of benzene rings is 2. The Morgan fingerprint density at radius 2 is 1.77 bits per heavy atom. The van der Waals surface area contributed by atoms with Crippen LogP contribution >= 0.6 is 11.6 Å². The van der Waals surface area contributed by atoms with Gasteiger partial charge in [0.25, 0.3) is 5.91 Å². The van der Waals surface area contributed by atoms with Crippen LogP contribution in [0.25, 0.3) is 0 Å². The van der Waals surface area contributed by atoms with Crippen molar-refractivity contribution in [3.05, 3.63) is 58.6 Å². The fourth-order valence-corrected chi connectivity index (χ4v) is 4.49. The van der Waals surface area contributed by atoms with Crippen LogP contribution in [0.5, 0.6) is 0 Å². The van der Waals surface area contributed by atoms with Gasteiger partial charge in [-0.2, -0.15) is 9.57 Å². The van der Waals surface area contributed by atoms with Crippen LogP contribution in [0, 0.1) is 11.3 Å². The minimum atomic E-state index is -3.63. The van der Waals surface area contributed by atoms with Gasteiger partial charge >= 0.3 is 0 Å². The van der Waals surface area contributed by atoms with Crippen LogP contribution in [0.4, 0.5) is 5.69 Å². The molecule has 1 saturated heterocycles. The number of halogens is 1. The van der Waals surface area contributed by atoms with Crippen LogP contribution in [0.3, 0.4) is 0 Å². The molecule has 26 heavy (non-hydrogen) atoms. The van der Waals surface area contributed by atoms with Gasteiger partial charge in [0.05, 0.1) is 27.1 Å². The number of nitrogens with one attached hydrogen (secondary N) is 1. The maximum atomic E-state index is 12.7. The quantitative estimate of drug-likeness (QED) is 0.868. The van der Waals surface area contributed by atoms with Gasteiger partial charge < -0.3 is 5.32 Å². The van der Waals surface area contributed by atoms with Crippen molar-refractivity contribution in [3.8, 4) is 6.07 Å². The minimum Gasteiger partial charge on any atom is -0.322 e. The molecular weight excluding hydrogens is 374 g/mol. The highest BCUT2D eigenvalue weighted by molar-refractivity contribution is 7.89. The summed E-state index contributed by atoms with van der Waals surface area (Å²) in [4.78, 5) is 12.6. The van der Waals surface area contributed by atoms with Crippen molar-refractivity contribution in [1.82, 2.24) is 4.31 Å². The molecule has 6 nitrogen and oxygen atoms in total. The van der Waals surface area contributed by atoms with Gasteiger partial charge in [0.1, 0.15) is 0 Å². The number of sulfonamides is 1. The Labute approximate surface area is 157 Å². The number of nitriles is 1. The first-order chi connectivity index (χ1) is 12.4. The smallest absolute Gasteiger partial charge is 0.257 e. The Kier molecular flexibility index (Phi) is 5.28. The molecule has 1 fully saturated rings. The normalized spacial score (nSPS) is 14.8. The number of rotatable bonds is 4. The van der Waals surface area contributed by atoms with Crippen LogP contribution in [0.15, 0.2) is 47.4 Å². The molecule has 0 saturated carbocycles. The van der Waals surface area contributed by atoms with E-state index in [9.17, 15) is 13.2 Å². The zero-order valence-electron chi connectivity index (χ0n) is 13.8. The SMILES string of the molecule is N#Cc1ccc(NC(=O)c2cc(S(=O)(=O)N3CCCC3)ccc2Cl)cc1. The molecule has 2 aromatic carbocycles. The van der Waals surface area contributed by atoms with E-state index in [4.69, 9.17) is 16.9 Å². The van der Waals surface area contributed by atoms with Gasteiger partial charge in [0.2, 0.25) is 10.0 Å². The summed E-state index contributed by atoms with van der Waals surface area (Å²) in [5.74, 6) is -0.516. The summed E-state index contributed by atoms with van der Waals surface area (Å²) < 4.78 is 26.8. The second-order valence-corrected chi connectivity index (χ2v) is 8.24. The number of anilines is 1. The van der Waals surface area contributed by atoms with E-state index in [1.165, 1.54) is 22.5 Å². The largest absolute Gasteiger partial charge is 0.322 e. The number of amides is 1. The number of hydrogen-bond donors (Lipinski definition) is 1. The van der Waals surface area contributed by atoms with E-state index in [1.807, 2.05) is 6.07 Å². The van der Waals surface area contributed by atoms with Crippen molar-refractivity contribution >= 4 is 33.2 Å². The van der Waals surface area contributed by atoms with E-state index in [0.717, 1.165) is 12.8 Å². The first kappa shape index (κ1) is 18.4. The molecule has 0 bridgehead atoms. The predicted molar refractivity (Wildman–Crippen MR) is 98.6 cm³/mol. The first-order valence-electron chi connectivity index (χ1n) is 8.03. The Balaban J connectivity index is 1.87. The second-order valence-electron chi connectivity index (χ2n) is 5.90. The number of carbonyl (C=O) groups is 1. The van der Waals surface area contributed by atoms with Crippen molar-refractivity contribution in [1.29, 1.82) is 5.26 Å². The third kappa shape index (κ3) is 3.73. The fraction of sp³-hybridized carbons (Fsp3) is 0.222. The molecule has 1 heterocycles. The molecule has 0 aromatic heterocycles. The van der Waals surface area contributed by atoms with Gasteiger partial charge in [-0.15, -0.1) is 0 Å². The lowest BCUT2D eigenvalue weighted by molar-refractivity contribution is 0.102. The summed E-state index contributed by atoms with van der Waals surface area (Å²) in [5.41, 5.74) is 1.04. The maximum Gasteiger partial charge on any atom is 0.257 e. The highest BCUT2D eigenvalue weighted by Gasteiger charge is 2.28. The Bertz CT molecular complexity index is 976. The molecule has 1 N–H and O–H groups in total. The molecule has 1 aliphatic rings. The molecular formula is C18H16ClN3O3S. The van der Waals surface area contributed by atoms with Crippen LogP contribution < -0.4 is 5.32 Å². The number of carbonyl (C=O) groups excluding carboxylic acids is 1. The van der Waals surface area contributed by atoms with Gasteiger partial charge in [-0.1, -0.05) is 11.6 Å². The third-order valence-corrected chi connectivity index (χ3v) is 6.38. The maximum absolute atomic E-state index is 12.7. The summed E-state index contributed by atoms with van der Waals surface area (Å²) in [7, 11) is -3.63. The van der Waals surface area contributed by atoms with E-state index in [1.54, 1.807) is 24.3 Å². The summed E-state index contributed by atoms with van der Waals surface area (Å²) in [6.07, 6.45) is 1.66. The molecule has 0 aliphatic carbocycles. The summed E-state index contributed by atoms with van der Waals surface area (Å²) in [5, 5.41) is 11.6. The van der Waals surface area contributed by atoms with Gasteiger partial charge in [0, 0.05) is 18.8 Å². The zero-order valence-corrected chi connectivity index (χ0v) is 15.3. The zero-order chi connectivity index (χ0) is 18.7. The van der Waals surface area contributed by atoms with Crippen molar-refractivity contribution in [3.63, 3.8) is 0 Å². The van der Waals surface area contributed by atoms with Crippen LogP contribution in [0.2, 0.25) is 5.02 Å². The predicted octanol–water partition coefficient (Wildman–Crippen LogP) is 3.25. The molecule has 1 aliphatic heterocycles. The van der Waals surface area contributed by atoms with Crippen LogP contribution in [-0.4, -0.2) is 31.7 Å². The molecule has 3 rings (SSSR count). The highest BCUT2D eigenvalue weighted by atomic mass is 35.5. The van der Waals surface area contributed by atoms with Crippen molar-refractivity contribution < 1.29 is 13.2 Å². The van der Waals surface area contributed by atoms with Gasteiger partial charge in [-0.05, 0) is 55.3 Å². The van der Waals surface area contributed by atoms with E-state index < -0.39 is 15.9 Å². The monoisotopic (exact) mass is 389 g/mol. The van der Waals surface area contributed by atoms with Crippen molar-refractivity contribution in [2.45, 2.75) is 17.7 Å². The molecule has 1 amide bonds. The summed E-state index contributed by atoms with van der Waals surface area (Å²) in [6.45, 7) is 0.968. The lowest BCUT2D eigenvalue weighted by Crippen LogP contribution is -2.28. The van der Waals surface area contributed by atoms with Gasteiger partial charge in [-0.25, -0.2) is 8.42 Å². The van der Waals surface area contributed by atoms with E-state index in [-0.39, 0.29) is 15.5 Å². The lowest BCUT2D eigenvalue weighted by Gasteiger charge is -2.16. The minimum absolute atomic E-state index is 0.0498. The Morgan fingerprint density at radius 3 is 2.38 bits per heavy atom. The average molecular weight is 390 g/mol. The summed E-state index contributed by atoms with van der Waals surface area (Å²) >= 11 is 6.10. The van der Waals surface area contributed by atoms with Gasteiger partial charge in [0.15, 0.2) is 0 Å².